The second-order valence-electron chi connectivity index (χ2n) is 4.37. The second kappa shape index (κ2) is 7.31. The summed E-state index contributed by atoms with van der Waals surface area (Å²) in [6.07, 6.45) is 5.15. The number of imidazole rings is 1. The molecular weight excluding hydrogens is 297 g/mol. The molecule has 0 aliphatic heterocycles. The fourth-order valence-corrected chi connectivity index (χ4v) is 2.32. The second-order valence-corrected chi connectivity index (χ2v) is 5.22. The Kier molecular flexibility index (Phi) is 5.44. The summed E-state index contributed by atoms with van der Waals surface area (Å²) in [5.41, 5.74) is 0.928. The number of amides is 1. The maximum atomic E-state index is 11.7. The van der Waals surface area contributed by atoms with E-state index in [4.69, 9.17) is 23.2 Å². The van der Waals surface area contributed by atoms with Crippen LogP contribution in [0.1, 0.15) is 17.8 Å². The first kappa shape index (κ1) is 14.9. The zero-order valence-electron chi connectivity index (χ0n) is 10.8. The Balaban J connectivity index is 1.72. The fraction of sp³-hybridized carbons (Fsp3) is 0.286. The number of aromatic nitrogens is 2. The van der Waals surface area contributed by atoms with Crippen molar-refractivity contribution in [2.75, 3.05) is 6.54 Å². The van der Waals surface area contributed by atoms with Crippen LogP contribution in [0.2, 0.25) is 10.0 Å². The number of nitrogens with zero attached hydrogens (tertiary/aromatic N) is 1. The van der Waals surface area contributed by atoms with Gasteiger partial charge in [-0.05, 0) is 24.1 Å². The summed E-state index contributed by atoms with van der Waals surface area (Å²) in [6, 6.07) is 5.31. The van der Waals surface area contributed by atoms with Crippen LogP contribution in [0, 0.1) is 0 Å². The third kappa shape index (κ3) is 4.54. The van der Waals surface area contributed by atoms with Crippen molar-refractivity contribution in [3.63, 3.8) is 0 Å². The molecule has 20 heavy (non-hydrogen) atoms. The third-order valence-corrected chi connectivity index (χ3v) is 3.46. The van der Waals surface area contributed by atoms with Crippen LogP contribution >= 0.6 is 23.2 Å². The fourth-order valence-electron chi connectivity index (χ4n) is 1.82. The topological polar surface area (TPSA) is 57.8 Å². The van der Waals surface area contributed by atoms with Crippen LogP contribution in [0.5, 0.6) is 0 Å². The van der Waals surface area contributed by atoms with Gasteiger partial charge in [0.1, 0.15) is 5.82 Å². The summed E-state index contributed by atoms with van der Waals surface area (Å²) in [6.45, 7) is 0.570. The molecule has 1 amide bonds. The van der Waals surface area contributed by atoms with Crippen molar-refractivity contribution in [1.29, 1.82) is 0 Å². The van der Waals surface area contributed by atoms with Gasteiger partial charge in [0, 0.05) is 41.8 Å². The molecule has 6 heteroatoms. The number of H-pyrrole nitrogens is 1. The van der Waals surface area contributed by atoms with E-state index in [1.165, 1.54) is 0 Å². The average molecular weight is 312 g/mol. The van der Waals surface area contributed by atoms with Gasteiger partial charge >= 0.3 is 0 Å². The Morgan fingerprint density at radius 3 is 2.85 bits per heavy atom. The minimum atomic E-state index is 0.00238. The molecule has 0 saturated carbocycles. The Morgan fingerprint density at radius 2 is 2.15 bits per heavy atom. The number of aryl methyl sites for hydroxylation is 1. The standard InChI is InChI=1S/C14H15Cl2N3O/c15-11-3-1-10(12(16)9-11)2-4-14(20)19-6-5-13-17-7-8-18-13/h1,3,7-9H,2,4-6H2,(H,17,18)(H,19,20). The number of hydrogen-bond donors (Lipinski definition) is 2. The van der Waals surface area contributed by atoms with E-state index < -0.39 is 0 Å². The number of carbonyl (C=O) groups is 1. The van der Waals surface area contributed by atoms with Gasteiger partial charge in [0.2, 0.25) is 5.91 Å². The van der Waals surface area contributed by atoms with Crippen molar-refractivity contribution in [1.82, 2.24) is 15.3 Å². The first-order valence-electron chi connectivity index (χ1n) is 6.34. The lowest BCUT2D eigenvalue weighted by molar-refractivity contribution is -0.121. The molecule has 0 unspecified atom stereocenters. The van der Waals surface area contributed by atoms with Gasteiger partial charge in [0.25, 0.3) is 0 Å². The molecule has 0 saturated heterocycles. The van der Waals surface area contributed by atoms with Crippen LogP contribution in [0.4, 0.5) is 0 Å². The molecule has 0 fully saturated rings. The lowest BCUT2D eigenvalue weighted by Gasteiger charge is -2.06. The average Bonchev–Trinajstić information content (AvgIpc) is 2.91. The summed E-state index contributed by atoms with van der Waals surface area (Å²) in [5.74, 6) is 0.869. The SMILES string of the molecule is O=C(CCc1ccc(Cl)cc1Cl)NCCc1ncc[nH]1. The Morgan fingerprint density at radius 1 is 1.30 bits per heavy atom. The van der Waals surface area contributed by atoms with E-state index in [1.807, 2.05) is 6.07 Å². The molecular formula is C14H15Cl2N3O. The zero-order valence-corrected chi connectivity index (χ0v) is 12.3. The highest BCUT2D eigenvalue weighted by Crippen LogP contribution is 2.21. The molecule has 4 nitrogen and oxygen atoms in total. The summed E-state index contributed by atoms with van der Waals surface area (Å²) in [4.78, 5) is 18.8. The molecule has 1 heterocycles. The van der Waals surface area contributed by atoms with E-state index in [9.17, 15) is 4.79 Å². The quantitative estimate of drug-likeness (QED) is 0.861. The molecule has 0 aliphatic carbocycles. The highest BCUT2D eigenvalue weighted by molar-refractivity contribution is 6.35. The van der Waals surface area contributed by atoms with Crippen molar-refractivity contribution in [3.8, 4) is 0 Å². The molecule has 0 aliphatic rings. The molecule has 106 valence electrons. The van der Waals surface area contributed by atoms with Crippen LogP contribution in [0.3, 0.4) is 0 Å². The number of rotatable bonds is 6. The van der Waals surface area contributed by atoms with E-state index in [0.717, 1.165) is 11.4 Å². The van der Waals surface area contributed by atoms with Gasteiger partial charge < -0.3 is 10.3 Å². The highest BCUT2D eigenvalue weighted by atomic mass is 35.5. The van der Waals surface area contributed by atoms with Crippen molar-refractivity contribution in [2.45, 2.75) is 19.3 Å². The lowest BCUT2D eigenvalue weighted by Crippen LogP contribution is -2.26. The molecule has 0 spiro atoms. The summed E-state index contributed by atoms with van der Waals surface area (Å²) in [5, 5.41) is 4.05. The van der Waals surface area contributed by atoms with Crippen LogP contribution in [-0.2, 0) is 17.6 Å². The molecule has 2 aromatic rings. The molecule has 0 atom stereocenters. The number of halogens is 2. The lowest BCUT2D eigenvalue weighted by atomic mass is 10.1. The summed E-state index contributed by atoms with van der Waals surface area (Å²) >= 11 is 11.9. The maximum absolute atomic E-state index is 11.7. The Hall–Kier alpha value is -1.52. The van der Waals surface area contributed by atoms with Gasteiger partial charge in [-0.3, -0.25) is 4.79 Å². The highest BCUT2D eigenvalue weighted by Gasteiger charge is 2.06. The van der Waals surface area contributed by atoms with Crippen molar-refractivity contribution in [3.05, 3.63) is 52.0 Å². The van der Waals surface area contributed by atoms with Gasteiger partial charge in [0.15, 0.2) is 0 Å². The van der Waals surface area contributed by atoms with Crippen LogP contribution < -0.4 is 5.32 Å². The third-order valence-electron chi connectivity index (χ3n) is 2.88. The number of nitrogens with one attached hydrogen (secondary N) is 2. The molecule has 0 radical (unpaired) electrons. The molecule has 2 N–H and O–H groups in total. The largest absolute Gasteiger partial charge is 0.356 e. The normalized spacial score (nSPS) is 10.5. The first-order chi connectivity index (χ1) is 9.65. The van der Waals surface area contributed by atoms with E-state index in [-0.39, 0.29) is 5.91 Å². The number of hydrogen-bond acceptors (Lipinski definition) is 2. The predicted molar refractivity (Wildman–Crippen MR) is 80.1 cm³/mol. The van der Waals surface area contributed by atoms with Crippen LogP contribution in [0.25, 0.3) is 0 Å². The molecule has 1 aromatic carbocycles. The van der Waals surface area contributed by atoms with Gasteiger partial charge in [-0.25, -0.2) is 4.98 Å². The maximum Gasteiger partial charge on any atom is 0.220 e. The van der Waals surface area contributed by atoms with Crippen LogP contribution in [-0.4, -0.2) is 22.4 Å². The monoisotopic (exact) mass is 311 g/mol. The molecule has 1 aromatic heterocycles. The summed E-state index contributed by atoms with van der Waals surface area (Å²) < 4.78 is 0. The van der Waals surface area contributed by atoms with E-state index in [1.54, 1.807) is 24.5 Å². The smallest absolute Gasteiger partial charge is 0.220 e. The van der Waals surface area contributed by atoms with Crippen LogP contribution in [0.15, 0.2) is 30.6 Å². The zero-order chi connectivity index (χ0) is 14.4. The van der Waals surface area contributed by atoms with Crippen molar-refractivity contribution < 1.29 is 4.79 Å². The van der Waals surface area contributed by atoms with Gasteiger partial charge in [-0.15, -0.1) is 0 Å². The first-order valence-corrected chi connectivity index (χ1v) is 7.09. The van der Waals surface area contributed by atoms with Crippen molar-refractivity contribution >= 4 is 29.1 Å². The minimum Gasteiger partial charge on any atom is -0.356 e. The minimum absolute atomic E-state index is 0.00238. The molecule has 2 rings (SSSR count). The van der Waals surface area contributed by atoms with E-state index in [2.05, 4.69) is 15.3 Å². The summed E-state index contributed by atoms with van der Waals surface area (Å²) in [7, 11) is 0. The Bertz CT molecular complexity index is 570. The Labute approximate surface area is 127 Å². The number of benzene rings is 1. The van der Waals surface area contributed by atoms with Gasteiger partial charge in [-0.2, -0.15) is 0 Å². The van der Waals surface area contributed by atoms with Crippen molar-refractivity contribution in [2.24, 2.45) is 0 Å². The number of carbonyl (C=O) groups excluding carboxylic acids is 1. The number of aromatic amines is 1. The van der Waals surface area contributed by atoms with Gasteiger partial charge in [-0.1, -0.05) is 29.3 Å². The van der Waals surface area contributed by atoms with E-state index >= 15 is 0 Å². The van der Waals surface area contributed by atoms with E-state index in [0.29, 0.717) is 35.9 Å². The molecule has 0 bridgehead atoms. The predicted octanol–water partition coefficient (Wildman–Crippen LogP) is 3.01. The van der Waals surface area contributed by atoms with Gasteiger partial charge in [0.05, 0.1) is 0 Å².